The van der Waals surface area contributed by atoms with Crippen molar-refractivity contribution in [3.8, 4) is 0 Å². The van der Waals surface area contributed by atoms with Gasteiger partial charge in [-0.05, 0) is 61.4 Å². The fraction of sp³-hybridized carbons (Fsp3) is 0.429. The molecule has 2 amide bonds. The molecule has 4 rings (SSSR count). The van der Waals surface area contributed by atoms with E-state index in [0.717, 1.165) is 47.9 Å². The second kappa shape index (κ2) is 15.2. The van der Waals surface area contributed by atoms with Crippen molar-refractivity contribution in [2.45, 2.75) is 83.8 Å². The summed E-state index contributed by atoms with van der Waals surface area (Å²) >= 11 is 0. The third-order valence-corrected chi connectivity index (χ3v) is 9.54. The summed E-state index contributed by atoms with van der Waals surface area (Å²) in [7, 11) is -3.56. The van der Waals surface area contributed by atoms with Gasteiger partial charge in [-0.2, -0.15) is 0 Å². The Hall–Kier alpha value is -3.65. The molecule has 0 spiro atoms. The first-order chi connectivity index (χ1) is 20.6. The molecule has 0 unspecified atom stereocenters. The molecule has 1 atom stereocenters. The van der Waals surface area contributed by atoms with Crippen LogP contribution in [0.5, 0.6) is 0 Å². The Labute approximate surface area is 257 Å². The summed E-state index contributed by atoms with van der Waals surface area (Å²) in [6, 6.07) is 24.5. The number of rotatable bonds is 13. The lowest BCUT2D eigenvalue weighted by Gasteiger charge is -2.34. The van der Waals surface area contributed by atoms with Crippen molar-refractivity contribution in [1.29, 1.82) is 0 Å². The van der Waals surface area contributed by atoms with Crippen molar-refractivity contribution in [3.63, 3.8) is 0 Å². The maximum Gasteiger partial charge on any atom is 0.243 e. The molecule has 1 fully saturated rings. The minimum absolute atomic E-state index is 0.117. The Kier molecular flexibility index (Phi) is 11.4. The molecule has 230 valence electrons. The van der Waals surface area contributed by atoms with E-state index in [1.54, 1.807) is 11.0 Å². The number of sulfonamides is 1. The summed E-state index contributed by atoms with van der Waals surface area (Å²) < 4.78 is 26.9. The minimum atomic E-state index is -3.56. The molecule has 7 nitrogen and oxygen atoms in total. The highest BCUT2D eigenvalue weighted by Crippen LogP contribution is 2.24. The number of aryl methyl sites for hydroxylation is 2. The van der Waals surface area contributed by atoms with E-state index in [1.165, 1.54) is 17.0 Å². The quantitative estimate of drug-likeness (QED) is 0.262. The largest absolute Gasteiger partial charge is 0.352 e. The maximum absolute atomic E-state index is 14.1. The van der Waals surface area contributed by atoms with Crippen LogP contribution in [0, 0.1) is 13.8 Å². The molecule has 0 bridgehead atoms. The molecule has 3 aromatic rings. The van der Waals surface area contributed by atoms with Gasteiger partial charge in [0.1, 0.15) is 6.04 Å². The van der Waals surface area contributed by atoms with Crippen molar-refractivity contribution in [3.05, 3.63) is 101 Å². The van der Waals surface area contributed by atoms with Gasteiger partial charge in [0.2, 0.25) is 21.8 Å². The van der Waals surface area contributed by atoms with Gasteiger partial charge < -0.3 is 10.2 Å². The van der Waals surface area contributed by atoms with Crippen LogP contribution < -0.4 is 9.62 Å². The van der Waals surface area contributed by atoms with Crippen LogP contribution in [-0.4, -0.2) is 50.0 Å². The van der Waals surface area contributed by atoms with Crippen LogP contribution in [0.15, 0.2) is 78.9 Å². The van der Waals surface area contributed by atoms with E-state index in [1.807, 2.05) is 86.6 Å². The van der Waals surface area contributed by atoms with Crippen LogP contribution in [0.3, 0.4) is 0 Å². The van der Waals surface area contributed by atoms with E-state index in [-0.39, 0.29) is 30.8 Å². The fourth-order valence-electron chi connectivity index (χ4n) is 5.89. The van der Waals surface area contributed by atoms with Gasteiger partial charge in [0.15, 0.2) is 0 Å². The second-order valence-electron chi connectivity index (χ2n) is 11.7. The number of carbonyl (C=O) groups excluding carboxylic acids is 2. The van der Waals surface area contributed by atoms with E-state index in [0.29, 0.717) is 25.1 Å². The van der Waals surface area contributed by atoms with E-state index in [2.05, 4.69) is 5.32 Å². The van der Waals surface area contributed by atoms with E-state index in [4.69, 9.17) is 0 Å². The summed E-state index contributed by atoms with van der Waals surface area (Å²) in [5.41, 5.74) is 4.48. The highest BCUT2D eigenvalue weighted by atomic mass is 32.2. The lowest BCUT2D eigenvalue weighted by molar-refractivity contribution is -0.141. The summed E-state index contributed by atoms with van der Waals surface area (Å²) in [5.74, 6) is -0.295. The zero-order chi connectivity index (χ0) is 30.8. The first-order valence-corrected chi connectivity index (χ1v) is 17.2. The minimum Gasteiger partial charge on any atom is -0.352 e. The predicted octanol–water partition coefficient (Wildman–Crippen LogP) is 5.94. The Morgan fingerprint density at radius 1 is 0.860 bits per heavy atom. The molecule has 1 aliphatic rings. The predicted molar refractivity (Wildman–Crippen MR) is 173 cm³/mol. The molecule has 3 aromatic carbocycles. The van der Waals surface area contributed by atoms with Gasteiger partial charge in [-0.3, -0.25) is 13.9 Å². The Bertz CT molecular complexity index is 1470. The third-order valence-electron chi connectivity index (χ3n) is 8.36. The van der Waals surface area contributed by atoms with Gasteiger partial charge in [0.05, 0.1) is 11.9 Å². The number of amides is 2. The fourth-order valence-corrected chi connectivity index (χ4v) is 6.92. The number of hydrogen-bond donors (Lipinski definition) is 1. The summed E-state index contributed by atoms with van der Waals surface area (Å²) in [6.07, 6.45) is 7.32. The molecule has 43 heavy (non-hydrogen) atoms. The third kappa shape index (κ3) is 9.17. The van der Waals surface area contributed by atoms with E-state index >= 15 is 0 Å². The smallest absolute Gasteiger partial charge is 0.243 e. The molecule has 0 radical (unpaired) electrons. The van der Waals surface area contributed by atoms with Gasteiger partial charge in [-0.1, -0.05) is 92.1 Å². The van der Waals surface area contributed by atoms with Crippen LogP contribution in [0.1, 0.15) is 67.2 Å². The lowest BCUT2D eigenvalue weighted by Crippen LogP contribution is -2.53. The molecular formula is C35H45N3O4S. The first-order valence-electron chi connectivity index (χ1n) is 15.3. The number of nitrogens with zero attached hydrogens (tertiary/aromatic N) is 2. The number of carbonyl (C=O) groups is 2. The summed E-state index contributed by atoms with van der Waals surface area (Å²) in [6.45, 7) is 4.36. The van der Waals surface area contributed by atoms with Gasteiger partial charge >= 0.3 is 0 Å². The topological polar surface area (TPSA) is 86.8 Å². The van der Waals surface area contributed by atoms with Crippen molar-refractivity contribution in [2.24, 2.45) is 0 Å². The number of anilines is 1. The van der Waals surface area contributed by atoms with Crippen LogP contribution >= 0.6 is 0 Å². The lowest BCUT2D eigenvalue weighted by atomic mass is 9.94. The van der Waals surface area contributed by atoms with Crippen molar-refractivity contribution in [1.82, 2.24) is 10.2 Å². The van der Waals surface area contributed by atoms with Gasteiger partial charge in [0.25, 0.3) is 0 Å². The van der Waals surface area contributed by atoms with Crippen molar-refractivity contribution in [2.75, 3.05) is 17.1 Å². The van der Waals surface area contributed by atoms with Crippen molar-refractivity contribution >= 4 is 27.5 Å². The van der Waals surface area contributed by atoms with Gasteiger partial charge in [-0.15, -0.1) is 0 Å². The standard InChI is InChI=1S/C35H45N3O4S/c1-27-15-10-12-19-30(27)26-37(34(39)23-14-24-38(43(3,41)42)32-22-13-11-16-28(32)2)33(25-29-17-6-4-7-18-29)35(40)36-31-20-8-5-9-21-31/h4,6-7,10-13,15-19,22,31,33H,5,8-9,14,20-21,23-26H2,1-3H3,(H,36,40)/t33-/m0/s1. The Balaban J connectivity index is 1.60. The van der Waals surface area contributed by atoms with Crippen molar-refractivity contribution < 1.29 is 18.0 Å². The molecule has 0 aliphatic heterocycles. The molecule has 1 aliphatic carbocycles. The van der Waals surface area contributed by atoms with Crippen LogP contribution in [0.25, 0.3) is 0 Å². The van der Waals surface area contributed by atoms with Crippen LogP contribution in [0.2, 0.25) is 0 Å². The molecule has 0 saturated heterocycles. The number of hydrogen-bond acceptors (Lipinski definition) is 4. The first kappa shape index (κ1) is 32.3. The number of para-hydroxylation sites is 1. The van der Waals surface area contributed by atoms with Crippen LogP contribution in [0.4, 0.5) is 5.69 Å². The SMILES string of the molecule is Cc1ccccc1CN(C(=O)CCCN(c1ccccc1C)S(C)(=O)=O)[C@@H](Cc1ccccc1)C(=O)NC1CCCCC1. The van der Waals surface area contributed by atoms with Crippen LogP contribution in [-0.2, 0) is 32.6 Å². The Morgan fingerprint density at radius 3 is 2.14 bits per heavy atom. The van der Waals surface area contributed by atoms with Gasteiger partial charge in [-0.25, -0.2) is 8.42 Å². The monoisotopic (exact) mass is 603 g/mol. The molecule has 1 saturated carbocycles. The highest BCUT2D eigenvalue weighted by Gasteiger charge is 2.32. The molecule has 1 N–H and O–H groups in total. The molecular weight excluding hydrogens is 558 g/mol. The number of benzene rings is 3. The average Bonchev–Trinajstić information content (AvgIpc) is 2.99. The zero-order valence-corrected chi connectivity index (χ0v) is 26.5. The zero-order valence-electron chi connectivity index (χ0n) is 25.7. The average molecular weight is 604 g/mol. The summed E-state index contributed by atoms with van der Waals surface area (Å²) in [5, 5.41) is 3.28. The number of nitrogens with one attached hydrogen (secondary N) is 1. The maximum atomic E-state index is 14.1. The Morgan fingerprint density at radius 2 is 1.49 bits per heavy atom. The second-order valence-corrected chi connectivity index (χ2v) is 13.6. The van der Waals surface area contributed by atoms with E-state index < -0.39 is 16.1 Å². The summed E-state index contributed by atoms with van der Waals surface area (Å²) in [4.78, 5) is 29.8. The van der Waals surface area contributed by atoms with Gasteiger partial charge in [0, 0.05) is 32.0 Å². The normalized spacial score (nSPS) is 14.6. The van der Waals surface area contributed by atoms with E-state index in [9.17, 15) is 18.0 Å². The molecule has 0 aromatic heterocycles. The highest BCUT2D eigenvalue weighted by molar-refractivity contribution is 7.92. The molecule has 8 heteroatoms. The molecule has 0 heterocycles.